The Morgan fingerprint density at radius 2 is 1.53 bits per heavy atom. The Morgan fingerprint density at radius 3 is 2.22 bits per heavy atom. The molecule has 5 N–H and O–H groups in total. The summed E-state index contributed by atoms with van der Waals surface area (Å²) in [7, 11) is 0. The van der Waals surface area contributed by atoms with Gasteiger partial charge in [-0.25, -0.2) is 4.79 Å². The molecule has 36 heavy (non-hydrogen) atoms. The number of rotatable bonds is 5. The molecule has 182 valence electrons. The third-order valence-corrected chi connectivity index (χ3v) is 6.76. The Morgan fingerprint density at radius 1 is 0.806 bits per heavy atom. The van der Waals surface area contributed by atoms with Crippen LogP contribution in [0.5, 0.6) is 23.0 Å². The summed E-state index contributed by atoms with van der Waals surface area (Å²) in [6.45, 7) is 2.03. The van der Waals surface area contributed by atoms with Crippen LogP contribution in [0.2, 0.25) is 0 Å². The first kappa shape index (κ1) is 23.2. The van der Waals surface area contributed by atoms with Crippen LogP contribution in [0.4, 0.5) is 0 Å². The number of fused-ring (bicyclic) bond motifs is 5. The van der Waals surface area contributed by atoms with Crippen LogP contribution in [0.1, 0.15) is 74.0 Å². The number of ketones is 2. The van der Waals surface area contributed by atoms with Gasteiger partial charge in [-0.3, -0.25) is 9.59 Å². The molecule has 1 aliphatic carbocycles. The third kappa shape index (κ3) is 3.25. The number of aryl methyl sites for hydroxylation is 1. The number of aromatic carboxylic acids is 1. The number of phenolic OH excluding ortho intramolecular Hbond substituents is 3. The van der Waals surface area contributed by atoms with Gasteiger partial charge in [-0.05, 0) is 53.4 Å². The van der Waals surface area contributed by atoms with Crippen molar-refractivity contribution in [2.24, 2.45) is 0 Å². The van der Waals surface area contributed by atoms with E-state index in [0.29, 0.717) is 17.4 Å². The molecule has 0 unspecified atom stereocenters. The quantitative estimate of drug-likeness (QED) is 0.171. The van der Waals surface area contributed by atoms with Crippen molar-refractivity contribution < 1.29 is 39.9 Å². The van der Waals surface area contributed by atoms with Crippen LogP contribution in [0.3, 0.4) is 0 Å². The second-order valence-corrected chi connectivity index (χ2v) is 8.97. The molecule has 0 saturated carbocycles. The topological polar surface area (TPSA) is 152 Å². The Hall–Kier alpha value is -4.59. The van der Waals surface area contributed by atoms with Crippen LogP contribution in [0.15, 0.2) is 36.4 Å². The van der Waals surface area contributed by atoms with Gasteiger partial charge < -0.3 is 25.5 Å². The summed E-state index contributed by atoms with van der Waals surface area (Å²) in [6, 6.07) is 8.15. The van der Waals surface area contributed by atoms with Crippen molar-refractivity contribution in [3.05, 3.63) is 69.8 Å². The van der Waals surface area contributed by atoms with E-state index in [4.69, 9.17) is 0 Å². The van der Waals surface area contributed by atoms with Crippen LogP contribution in [0.25, 0.3) is 21.5 Å². The lowest BCUT2D eigenvalue weighted by Gasteiger charge is -2.21. The summed E-state index contributed by atoms with van der Waals surface area (Å²) in [4.78, 5) is 38.6. The second kappa shape index (κ2) is 8.27. The van der Waals surface area contributed by atoms with Gasteiger partial charge >= 0.3 is 5.97 Å². The molecule has 0 radical (unpaired) electrons. The van der Waals surface area contributed by atoms with Gasteiger partial charge in [0.1, 0.15) is 28.6 Å². The van der Waals surface area contributed by atoms with Crippen LogP contribution in [0, 0.1) is 0 Å². The minimum atomic E-state index is -1.30. The number of hydrogen-bond donors (Lipinski definition) is 5. The zero-order valence-electron chi connectivity index (χ0n) is 19.3. The van der Waals surface area contributed by atoms with E-state index in [-0.39, 0.29) is 44.0 Å². The maximum absolute atomic E-state index is 13.3. The summed E-state index contributed by atoms with van der Waals surface area (Å²) < 4.78 is 0. The molecule has 0 spiro atoms. The average molecular weight is 486 g/mol. The molecule has 0 saturated heterocycles. The van der Waals surface area contributed by atoms with Gasteiger partial charge in [-0.2, -0.15) is 0 Å². The molecule has 0 heterocycles. The SMILES string of the molecule is CCCCCc1cc2ccc3c(O)c4c(cc3c2c(O)c1C(=O)O)C(=O)c1cc(O)cc(O)c1C4=O. The smallest absolute Gasteiger partial charge is 0.339 e. The molecule has 0 fully saturated rings. The molecule has 8 heteroatoms. The lowest BCUT2D eigenvalue weighted by Crippen LogP contribution is -2.21. The second-order valence-electron chi connectivity index (χ2n) is 8.97. The van der Waals surface area contributed by atoms with E-state index < -0.39 is 40.5 Å². The van der Waals surface area contributed by atoms with Crippen LogP contribution in [-0.2, 0) is 6.42 Å². The van der Waals surface area contributed by atoms with Crippen molar-refractivity contribution in [1.29, 1.82) is 0 Å². The van der Waals surface area contributed by atoms with E-state index in [2.05, 4.69) is 0 Å². The van der Waals surface area contributed by atoms with Crippen LogP contribution in [-0.4, -0.2) is 43.1 Å². The van der Waals surface area contributed by atoms with Gasteiger partial charge in [0, 0.05) is 28.0 Å². The minimum Gasteiger partial charge on any atom is -0.508 e. The van der Waals surface area contributed by atoms with Crippen molar-refractivity contribution in [2.75, 3.05) is 0 Å². The summed E-state index contributed by atoms with van der Waals surface area (Å²) in [5.74, 6) is -4.82. The average Bonchev–Trinajstić information content (AvgIpc) is 2.81. The number of aromatic hydroxyl groups is 4. The molecule has 8 nitrogen and oxygen atoms in total. The summed E-state index contributed by atoms with van der Waals surface area (Å²) in [5.41, 5.74) is -0.807. The molecule has 0 aromatic heterocycles. The van der Waals surface area contributed by atoms with Gasteiger partial charge in [-0.15, -0.1) is 0 Å². The van der Waals surface area contributed by atoms with Gasteiger partial charge in [-0.1, -0.05) is 25.8 Å². The van der Waals surface area contributed by atoms with E-state index in [0.717, 1.165) is 31.4 Å². The standard InChI is InChI=1S/C28H22O8/c1-2-3-4-5-12-8-13-6-7-15-16(20(13)26(33)21(12)28(35)36)11-18-23(25(15)32)27(34)22-17(24(18)31)9-14(29)10-19(22)30/h6-11,29-30,32-33H,2-5H2,1H3,(H,35,36). The fourth-order valence-electron chi connectivity index (χ4n) is 5.10. The zero-order chi connectivity index (χ0) is 25.9. The molecule has 4 aromatic rings. The number of carboxylic acid groups (broad SMARTS) is 1. The number of unbranched alkanes of at least 4 members (excludes halogenated alkanes) is 2. The van der Waals surface area contributed by atoms with E-state index in [1.807, 2.05) is 6.92 Å². The van der Waals surface area contributed by atoms with E-state index in [1.165, 1.54) is 12.1 Å². The lowest BCUT2D eigenvalue weighted by molar-refractivity contribution is 0.0692. The first-order valence-electron chi connectivity index (χ1n) is 11.5. The van der Waals surface area contributed by atoms with Crippen LogP contribution < -0.4 is 0 Å². The largest absolute Gasteiger partial charge is 0.508 e. The predicted molar refractivity (Wildman–Crippen MR) is 132 cm³/mol. The van der Waals surface area contributed by atoms with E-state index >= 15 is 0 Å². The van der Waals surface area contributed by atoms with Gasteiger partial charge in [0.15, 0.2) is 5.78 Å². The zero-order valence-corrected chi connectivity index (χ0v) is 19.3. The molecule has 0 amide bonds. The summed E-state index contributed by atoms with van der Waals surface area (Å²) in [6.07, 6.45) is 3.06. The summed E-state index contributed by atoms with van der Waals surface area (Å²) >= 11 is 0. The number of phenols is 4. The van der Waals surface area contributed by atoms with Crippen LogP contribution >= 0.6 is 0 Å². The lowest BCUT2D eigenvalue weighted by atomic mass is 9.80. The van der Waals surface area contributed by atoms with Gasteiger partial charge in [0.25, 0.3) is 0 Å². The molecular formula is C28H22O8. The summed E-state index contributed by atoms with van der Waals surface area (Å²) in [5, 5.41) is 53.1. The Bertz CT molecular complexity index is 1650. The highest BCUT2D eigenvalue weighted by Gasteiger charge is 2.36. The number of carbonyl (C=O) groups excluding carboxylic acids is 2. The monoisotopic (exact) mass is 486 g/mol. The first-order chi connectivity index (χ1) is 17.1. The molecular weight excluding hydrogens is 464 g/mol. The predicted octanol–water partition coefficient (Wildman–Crippen LogP) is 5.02. The maximum Gasteiger partial charge on any atom is 0.339 e. The first-order valence-corrected chi connectivity index (χ1v) is 11.5. The fourth-order valence-corrected chi connectivity index (χ4v) is 5.10. The van der Waals surface area contributed by atoms with Crippen molar-refractivity contribution in [2.45, 2.75) is 32.6 Å². The Balaban J connectivity index is 1.83. The van der Waals surface area contributed by atoms with Gasteiger partial charge in [0.05, 0.1) is 11.1 Å². The number of benzene rings is 4. The third-order valence-electron chi connectivity index (χ3n) is 6.76. The van der Waals surface area contributed by atoms with E-state index in [9.17, 15) is 39.9 Å². The Kier molecular flexibility index (Phi) is 5.32. The highest BCUT2D eigenvalue weighted by Crippen LogP contribution is 2.45. The number of carboxylic acids is 1. The molecule has 5 rings (SSSR count). The molecule has 4 aromatic carbocycles. The molecule has 1 aliphatic rings. The maximum atomic E-state index is 13.3. The van der Waals surface area contributed by atoms with Crippen molar-refractivity contribution >= 4 is 39.1 Å². The highest BCUT2D eigenvalue weighted by atomic mass is 16.4. The minimum absolute atomic E-state index is 0.132. The molecule has 0 aliphatic heterocycles. The molecule has 0 atom stereocenters. The number of hydrogen-bond acceptors (Lipinski definition) is 7. The highest BCUT2D eigenvalue weighted by molar-refractivity contribution is 6.33. The van der Waals surface area contributed by atoms with Gasteiger partial charge in [0.2, 0.25) is 5.78 Å². The van der Waals surface area contributed by atoms with Crippen molar-refractivity contribution in [1.82, 2.24) is 0 Å². The number of carbonyl (C=O) groups is 3. The van der Waals surface area contributed by atoms with Crippen molar-refractivity contribution in [3.63, 3.8) is 0 Å². The molecule has 0 bridgehead atoms. The van der Waals surface area contributed by atoms with E-state index in [1.54, 1.807) is 12.1 Å². The fraction of sp³-hybridized carbons (Fsp3) is 0.179. The van der Waals surface area contributed by atoms with Crippen molar-refractivity contribution in [3.8, 4) is 23.0 Å². The normalized spacial score (nSPS) is 12.7. The Labute approximate surface area is 204 Å².